The zero-order valence-corrected chi connectivity index (χ0v) is 17.6. The number of halogens is 1. The van der Waals surface area contributed by atoms with Crippen LogP contribution >= 0.6 is 11.6 Å². The van der Waals surface area contributed by atoms with Crippen LogP contribution in [0.15, 0.2) is 30.3 Å². The third-order valence-electron chi connectivity index (χ3n) is 4.69. The molecule has 3 rings (SSSR count). The molecule has 1 amide bonds. The Balaban J connectivity index is 1.79. The average molecular weight is 398 g/mol. The summed E-state index contributed by atoms with van der Waals surface area (Å²) < 4.78 is 1.72. The Labute approximate surface area is 170 Å². The van der Waals surface area contributed by atoms with Crippen LogP contribution in [0.1, 0.15) is 33.9 Å². The van der Waals surface area contributed by atoms with Crippen molar-refractivity contribution in [1.82, 2.24) is 24.6 Å². The van der Waals surface area contributed by atoms with E-state index in [4.69, 9.17) is 11.6 Å². The number of nitrogens with zero attached hydrogens (tertiary/aromatic N) is 5. The van der Waals surface area contributed by atoms with E-state index in [9.17, 15) is 4.79 Å². The van der Waals surface area contributed by atoms with Crippen molar-refractivity contribution in [1.29, 1.82) is 0 Å². The van der Waals surface area contributed by atoms with E-state index in [0.29, 0.717) is 17.5 Å². The number of benzene rings is 1. The summed E-state index contributed by atoms with van der Waals surface area (Å²) in [7, 11) is 1.80. The monoisotopic (exact) mass is 397 g/mol. The summed E-state index contributed by atoms with van der Waals surface area (Å²) in [5.74, 6) is 0.563. The van der Waals surface area contributed by atoms with E-state index in [1.54, 1.807) is 16.6 Å². The molecule has 0 saturated carbocycles. The zero-order chi connectivity index (χ0) is 20.4. The van der Waals surface area contributed by atoms with Gasteiger partial charge in [0.15, 0.2) is 0 Å². The molecule has 0 saturated heterocycles. The summed E-state index contributed by atoms with van der Waals surface area (Å²) in [4.78, 5) is 23.4. The lowest BCUT2D eigenvalue weighted by atomic mass is 10.1. The van der Waals surface area contributed by atoms with E-state index in [2.05, 4.69) is 15.1 Å². The third kappa shape index (κ3) is 4.39. The molecule has 146 valence electrons. The van der Waals surface area contributed by atoms with Crippen LogP contribution in [0.5, 0.6) is 0 Å². The van der Waals surface area contributed by atoms with Gasteiger partial charge in [-0.15, -0.1) is 0 Å². The quantitative estimate of drug-likeness (QED) is 0.657. The third-order valence-corrected chi connectivity index (χ3v) is 4.94. The van der Waals surface area contributed by atoms with Gasteiger partial charge in [-0.3, -0.25) is 4.79 Å². The van der Waals surface area contributed by atoms with Gasteiger partial charge in [0.05, 0.1) is 12.1 Å². The number of carbonyl (C=O) groups is 1. The highest BCUT2D eigenvalue weighted by atomic mass is 35.5. The first-order chi connectivity index (χ1) is 13.2. The molecule has 0 aliphatic heterocycles. The lowest BCUT2D eigenvalue weighted by Crippen LogP contribution is -2.28. The molecule has 28 heavy (non-hydrogen) atoms. The lowest BCUT2D eigenvalue weighted by molar-refractivity contribution is -0.129. The number of carbonyl (C=O) groups excluding carboxylic acids is 1. The molecule has 2 heterocycles. The highest BCUT2D eigenvalue weighted by Crippen LogP contribution is 2.18. The maximum atomic E-state index is 12.8. The Kier molecular flexibility index (Phi) is 5.79. The minimum Gasteiger partial charge on any atom is -0.341 e. The van der Waals surface area contributed by atoms with Crippen LogP contribution in [0.4, 0.5) is 0 Å². The second kappa shape index (κ2) is 8.10. The molecule has 0 atom stereocenters. The Morgan fingerprint density at radius 3 is 2.29 bits per heavy atom. The fourth-order valence-electron chi connectivity index (χ4n) is 3.17. The van der Waals surface area contributed by atoms with Gasteiger partial charge in [0.25, 0.3) is 5.95 Å². The van der Waals surface area contributed by atoms with Crippen LogP contribution in [0.25, 0.3) is 5.95 Å². The van der Waals surface area contributed by atoms with E-state index in [1.807, 2.05) is 58.0 Å². The zero-order valence-electron chi connectivity index (χ0n) is 16.8. The van der Waals surface area contributed by atoms with Gasteiger partial charge in [-0.05, 0) is 51.5 Å². The molecule has 2 aromatic heterocycles. The van der Waals surface area contributed by atoms with Gasteiger partial charge in [-0.25, -0.2) is 14.6 Å². The highest BCUT2D eigenvalue weighted by Gasteiger charge is 2.19. The van der Waals surface area contributed by atoms with Crippen LogP contribution in [0.2, 0.25) is 5.02 Å². The van der Waals surface area contributed by atoms with Crippen molar-refractivity contribution in [2.75, 3.05) is 7.05 Å². The van der Waals surface area contributed by atoms with E-state index in [1.165, 1.54) is 0 Å². The molecule has 0 spiro atoms. The van der Waals surface area contributed by atoms with Gasteiger partial charge in [-0.2, -0.15) is 5.10 Å². The molecular formula is C21H24ClN5O. The van der Waals surface area contributed by atoms with Gasteiger partial charge in [-0.1, -0.05) is 23.7 Å². The minimum absolute atomic E-state index is 0.0297. The van der Waals surface area contributed by atoms with Gasteiger partial charge in [0.1, 0.15) is 0 Å². The van der Waals surface area contributed by atoms with Crippen molar-refractivity contribution in [3.63, 3.8) is 0 Å². The van der Waals surface area contributed by atoms with Gasteiger partial charge < -0.3 is 4.90 Å². The fourth-order valence-corrected chi connectivity index (χ4v) is 3.29. The predicted octanol–water partition coefficient (Wildman–Crippen LogP) is 3.75. The molecule has 0 radical (unpaired) electrons. The topological polar surface area (TPSA) is 63.9 Å². The summed E-state index contributed by atoms with van der Waals surface area (Å²) in [6.45, 7) is 8.25. The molecule has 0 fully saturated rings. The van der Waals surface area contributed by atoms with Gasteiger partial charge >= 0.3 is 0 Å². The normalized spacial score (nSPS) is 10.9. The minimum atomic E-state index is 0.0297. The first-order valence-electron chi connectivity index (χ1n) is 9.10. The average Bonchev–Trinajstić information content (AvgIpc) is 2.91. The van der Waals surface area contributed by atoms with Crippen molar-refractivity contribution in [3.05, 3.63) is 69.3 Å². The van der Waals surface area contributed by atoms with Crippen molar-refractivity contribution in [3.8, 4) is 5.95 Å². The van der Waals surface area contributed by atoms with Crippen LogP contribution in [0, 0.1) is 27.7 Å². The number of likely N-dealkylation sites (N-methyl/N-ethyl adjacent to an activating group) is 1. The standard InChI is InChI=1S/C21H24ClN5O/c1-13-10-14(2)24-21(23-13)27-16(4)19(15(3)25-27)11-20(28)26(5)12-17-6-8-18(22)9-7-17/h6-10H,11-12H2,1-5H3. The Hall–Kier alpha value is -2.73. The summed E-state index contributed by atoms with van der Waals surface area (Å²) in [5.41, 5.74) is 5.42. The highest BCUT2D eigenvalue weighted by molar-refractivity contribution is 6.30. The van der Waals surface area contributed by atoms with Crippen molar-refractivity contribution < 1.29 is 4.79 Å². The van der Waals surface area contributed by atoms with Crippen molar-refractivity contribution in [2.45, 2.75) is 40.7 Å². The summed E-state index contributed by atoms with van der Waals surface area (Å²) >= 11 is 5.93. The lowest BCUT2D eigenvalue weighted by Gasteiger charge is -2.17. The first kappa shape index (κ1) is 20.0. The number of hydrogen-bond donors (Lipinski definition) is 0. The number of aromatic nitrogens is 4. The van der Waals surface area contributed by atoms with Crippen LogP contribution in [-0.2, 0) is 17.8 Å². The van der Waals surface area contributed by atoms with Crippen LogP contribution in [-0.4, -0.2) is 37.6 Å². The molecule has 7 heteroatoms. The van der Waals surface area contributed by atoms with E-state index < -0.39 is 0 Å². The first-order valence-corrected chi connectivity index (χ1v) is 9.48. The summed E-state index contributed by atoms with van der Waals surface area (Å²) in [6, 6.07) is 9.44. The smallest absolute Gasteiger partial charge is 0.251 e. The van der Waals surface area contributed by atoms with Crippen LogP contribution in [0.3, 0.4) is 0 Å². The van der Waals surface area contributed by atoms with E-state index in [0.717, 1.165) is 33.9 Å². The summed E-state index contributed by atoms with van der Waals surface area (Å²) in [6.07, 6.45) is 0.284. The van der Waals surface area contributed by atoms with E-state index in [-0.39, 0.29) is 12.3 Å². The maximum absolute atomic E-state index is 12.8. The molecule has 0 unspecified atom stereocenters. The molecule has 6 nitrogen and oxygen atoms in total. The second-order valence-electron chi connectivity index (χ2n) is 7.06. The number of rotatable bonds is 5. The molecule has 0 bridgehead atoms. The molecule has 1 aromatic carbocycles. The Morgan fingerprint density at radius 2 is 1.68 bits per heavy atom. The largest absolute Gasteiger partial charge is 0.341 e. The number of hydrogen-bond acceptors (Lipinski definition) is 4. The van der Waals surface area contributed by atoms with Gasteiger partial charge in [0.2, 0.25) is 5.91 Å². The Morgan fingerprint density at radius 1 is 1.07 bits per heavy atom. The molecule has 3 aromatic rings. The van der Waals surface area contributed by atoms with Gasteiger partial charge in [0, 0.05) is 41.3 Å². The SMILES string of the molecule is Cc1cc(C)nc(-n2nc(C)c(CC(=O)N(C)Cc3ccc(Cl)cc3)c2C)n1. The number of amides is 1. The molecule has 0 aliphatic carbocycles. The fraction of sp³-hybridized carbons (Fsp3) is 0.333. The Bertz CT molecular complexity index is 990. The summed E-state index contributed by atoms with van der Waals surface area (Å²) in [5, 5.41) is 5.26. The second-order valence-corrected chi connectivity index (χ2v) is 7.50. The maximum Gasteiger partial charge on any atom is 0.251 e. The van der Waals surface area contributed by atoms with E-state index >= 15 is 0 Å². The predicted molar refractivity (Wildman–Crippen MR) is 110 cm³/mol. The molecular weight excluding hydrogens is 374 g/mol. The molecule has 0 aliphatic rings. The molecule has 0 N–H and O–H groups in total. The van der Waals surface area contributed by atoms with Crippen LogP contribution < -0.4 is 0 Å². The number of aryl methyl sites for hydroxylation is 3. The van der Waals surface area contributed by atoms with Crippen molar-refractivity contribution >= 4 is 17.5 Å². The van der Waals surface area contributed by atoms with Crippen molar-refractivity contribution in [2.24, 2.45) is 0 Å².